The van der Waals surface area contributed by atoms with Crippen molar-refractivity contribution in [2.45, 2.75) is 136 Å². The number of likely N-dealkylation sites (tertiary alicyclic amines) is 1. The number of nitrogens with one attached hydrogen (secondary N) is 3. The number of methoxy groups -OCH3 is 2. The molecule has 2 aliphatic rings. The molecule has 16 nitrogen and oxygen atoms in total. The number of amides is 7. The maximum atomic E-state index is 14.4. The molecule has 0 bridgehead atoms. The molecule has 2 aliphatic heterocycles. The van der Waals surface area contributed by atoms with Crippen LogP contribution in [-0.4, -0.2) is 131 Å². The van der Waals surface area contributed by atoms with Gasteiger partial charge in [0, 0.05) is 70.2 Å². The van der Waals surface area contributed by atoms with Crippen LogP contribution in [-0.2, 0) is 43.0 Å². The predicted molar refractivity (Wildman–Crippen MR) is 240 cm³/mol. The second-order valence-corrected chi connectivity index (χ2v) is 17.8. The van der Waals surface area contributed by atoms with E-state index in [2.05, 4.69) is 20.9 Å². The van der Waals surface area contributed by atoms with Crippen LogP contribution in [0.25, 0.3) is 10.9 Å². The molecule has 2 aromatic rings. The number of hydrogen-bond donors (Lipinski definition) is 3. The normalized spacial score (nSPS) is 18.2. The number of likely N-dealkylation sites (N-methyl/N-ethyl adjacent to an activating group) is 1. The minimum atomic E-state index is -1.35. The number of nitrogens with zero attached hydrogens (tertiary/aromatic N) is 4. The number of carbonyl (C=O) groups excluding carboxylic acids is 7. The first-order valence-electron chi connectivity index (χ1n) is 22.3. The van der Waals surface area contributed by atoms with E-state index in [9.17, 15) is 33.6 Å². The number of aromatic nitrogens is 1. The molecular weight excluding hydrogens is 807 g/mol. The molecule has 63 heavy (non-hydrogen) atoms. The summed E-state index contributed by atoms with van der Waals surface area (Å²) in [6.45, 7) is 13.4. The first-order chi connectivity index (χ1) is 29.8. The molecule has 0 unspecified atom stereocenters. The lowest BCUT2D eigenvalue weighted by molar-refractivity contribution is -0.147. The minimum absolute atomic E-state index is 0.0226. The fourth-order valence-corrected chi connectivity index (χ4v) is 8.62. The average molecular weight is 876 g/mol. The molecule has 346 valence electrons. The predicted octanol–water partition coefficient (Wildman–Crippen LogP) is 4.61. The lowest BCUT2D eigenvalue weighted by atomic mass is 9.89. The summed E-state index contributed by atoms with van der Waals surface area (Å²) >= 11 is 0. The number of hydrogen-bond acceptors (Lipinski definition) is 10. The van der Waals surface area contributed by atoms with Gasteiger partial charge in [0.25, 0.3) is 11.8 Å². The van der Waals surface area contributed by atoms with Crippen molar-refractivity contribution in [1.29, 1.82) is 0 Å². The van der Waals surface area contributed by atoms with Gasteiger partial charge in [0.2, 0.25) is 29.5 Å². The number of rotatable bonds is 23. The molecule has 0 aliphatic carbocycles. The molecule has 1 fully saturated rings. The Labute approximate surface area is 372 Å². The second-order valence-electron chi connectivity index (χ2n) is 17.8. The number of anilines is 1. The number of ether oxygens (including phenoxy) is 2. The average Bonchev–Trinajstić information content (AvgIpc) is 3.87. The summed E-state index contributed by atoms with van der Waals surface area (Å²) < 4.78 is 12.0. The zero-order valence-corrected chi connectivity index (χ0v) is 38.8. The smallest absolute Gasteiger partial charge is 0.253 e. The van der Waals surface area contributed by atoms with Crippen LogP contribution in [0.2, 0.25) is 0 Å². The van der Waals surface area contributed by atoms with Gasteiger partial charge in [-0.1, -0.05) is 53.5 Å². The van der Waals surface area contributed by atoms with E-state index in [0.717, 1.165) is 22.2 Å². The monoisotopic (exact) mass is 876 g/mol. The van der Waals surface area contributed by atoms with Gasteiger partial charge in [-0.2, -0.15) is 0 Å². The third kappa shape index (κ3) is 12.9. The Morgan fingerprint density at radius 1 is 0.968 bits per heavy atom. The topological polar surface area (TPSA) is 197 Å². The van der Waals surface area contributed by atoms with Crippen LogP contribution in [0, 0.1) is 17.8 Å². The molecule has 1 saturated heterocycles. The third-order valence-corrected chi connectivity index (χ3v) is 12.6. The van der Waals surface area contributed by atoms with Gasteiger partial charge in [0.15, 0.2) is 0 Å². The van der Waals surface area contributed by atoms with Gasteiger partial charge in [0.1, 0.15) is 11.6 Å². The van der Waals surface area contributed by atoms with Crippen LogP contribution in [0.1, 0.15) is 99.8 Å². The first-order valence-corrected chi connectivity index (χ1v) is 22.3. The highest BCUT2D eigenvalue weighted by molar-refractivity contribution is 6.12. The Morgan fingerprint density at radius 3 is 2.30 bits per heavy atom. The van der Waals surface area contributed by atoms with Gasteiger partial charge in [-0.15, -0.1) is 0 Å². The van der Waals surface area contributed by atoms with Crippen LogP contribution in [0.3, 0.4) is 0 Å². The Kier molecular flexibility index (Phi) is 18.4. The van der Waals surface area contributed by atoms with Crippen LogP contribution in [0.5, 0.6) is 0 Å². The second kappa shape index (κ2) is 22.9. The highest BCUT2D eigenvalue weighted by atomic mass is 16.5. The summed E-state index contributed by atoms with van der Waals surface area (Å²) in [7, 11) is 4.75. The van der Waals surface area contributed by atoms with Gasteiger partial charge in [0.05, 0.1) is 42.1 Å². The molecule has 3 heterocycles. The summed E-state index contributed by atoms with van der Waals surface area (Å²) in [5.41, 5.74) is 0.112. The van der Waals surface area contributed by atoms with Crippen LogP contribution < -0.4 is 16.0 Å². The summed E-state index contributed by atoms with van der Waals surface area (Å²) in [5, 5.41) is 9.59. The van der Waals surface area contributed by atoms with E-state index < -0.39 is 41.7 Å². The Morgan fingerprint density at radius 2 is 1.67 bits per heavy atom. The van der Waals surface area contributed by atoms with Crippen molar-refractivity contribution in [1.82, 2.24) is 30.3 Å². The third-order valence-electron chi connectivity index (χ3n) is 12.6. The van der Waals surface area contributed by atoms with Crippen molar-refractivity contribution in [2.75, 3.05) is 39.7 Å². The fourth-order valence-electron chi connectivity index (χ4n) is 8.62. The number of unbranched alkanes of at least 4 members (excludes halogenated alkanes) is 2. The number of fused-ring (bicyclic) bond motifs is 1. The quantitative estimate of drug-likeness (QED) is 0.105. The van der Waals surface area contributed by atoms with E-state index in [4.69, 9.17) is 9.47 Å². The summed E-state index contributed by atoms with van der Waals surface area (Å²) in [6.07, 6.45) is 6.77. The zero-order chi connectivity index (χ0) is 46.6. The molecule has 0 saturated carbocycles. The molecule has 7 atom stereocenters. The Balaban J connectivity index is 1.38. The van der Waals surface area contributed by atoms with E-state index >= 15 is 0 Å². The number of carbonyl (C=O) groups is 7. The van der Waals surface area contributed by atoms with Crippen LogP contribution >= 0.6 is 0 Å². The van der Waals surface area contributed by atoms with E-state index in [0.29, 0.717) is 44.3 Å². The molecule has 0 spiro atoms. The van der Waals surface area contributed by atoms with Gasteiger partial charge >= 0.3 is 0 Å². The molecule has 16 heteroatoms. The molecule has 7 amide bonds. The Hall–Kier alpha value is -5.22. The molecule has 1 aromatic carbocycles. The van der Waals surface area contributed by atoms with Crippen molar-refractivity contribution in [2.24, 2.45) is 17.8 Å². The van der Waals surface area contributed by atoms with Gasteiger partial charge in [-0.05, 0) is 75.6 Å². The maximum absolute atomic E-state index is 14.4. The van der Waals surface area contributed by atoms with Crippen LogP contribution in [0.4, 0.5) is 5.69 Å². The molecule has 0 radical (unpaired) electrons. The summed E-state index contributed by atoms with van der Waals surface area (Å²) in [4.78, 5) is 101. The number of benzene rings is 1. The van der Waals surface area contributed by atoms with E-state index in [1.165, 1.54) is 19.3 Å². The van der Waals surface area contributed by atoms with Gasteiger partial charge in [-0.3, -0.25) is 43.4 Å². The van der Waals surface area contributed by atoms with E-state index in [1.807, 2.05) is 58.0 Å². The molecule has 1 aromatic heterocycles. The van der Waals surface area contributed by atoms with Crippen molar-refractivity contribution >= 4 is 57.9 Å². The zero-order valence-electron chi connectivity index (χ0n) is 38.8. The highest BCUT2D eigenvalue weighted by Crippen LogP contribution is 2.30. The summed E-state index contributed by atoms with van der Waals surface area (Å²) in [6, 6.07) is 7.46. The highest BCUT2D eigenvalue weighted by Gasteiger charge is 2.43. The van der Waals surface area contributed by atoms with Crippen molar-refractivity contribution in [3.05, 3.63) is 48.7 Å². The lowest BCUT2D eigenvalue weighted by Gasteiger charge is -2.41. The van der Waals surface area contributed by atoms with Crippen molar-refractivity contribution < 1.29 is 43.0 Å². The largest absolute Gasteiger partial charge is 0.379 e. The van der Waals surface area contributed by atoms with Crippen LogP contribution in [0.15, 0.2) is 48.7 Å². The number of imide groups is 1. The Bertz CT molecular complexity index is 1970. The van der Waals surface area contributed by atoms with Crippen molar-refractivity contribution in [3.63, 3.8) is 0 Å². The molecular formula is C47H69N7O9. The van der Waals surface area contributed by atoms with Gasteiger partial charge < -0.3 is 35.2 Å². The number of pyridine rings is 1. The molecule has 3 N–H and O–H groups in total. The fraction of sp³-hybridized carbons (Fsp3) is 0.617. The minimum Gasteiger partial charge on any atom is -0.379 e. The molecule has 4 rings (SSSR count). The summed E-state index contributed by atoms with van der Waals surface area (Å²) in [5.74, 6) is -3.32. The lowest BCUT2D eigenvalue weighted by Crippen LogP contribution is -2.62. The van der Waals surface area contributed by atoms with E-state index in [1.54, 1.807) is 50.9 Å². The maximum Gasteiger partial charge on any atom is 0.253 e. The van der Waals surface area contributed by atoms with Crippen molar-refractivity contribution in [3.8, 4) is 0 Å². The SMILES string of the molecule is CC[C@H](C)[C@@H]([C@@H](CC(=O)N1CCC[C@H]1[C@H](OC)[C@@H](C)C(=O)Nc1ccc2ncccc2c1)OC)N(C)C(=O)[C@@H](NC(=O)C(C)(C)NC(=O)CCCCCN1C(=O)C=CC1=O)C(C)C. The van der Waals surface area contributed by atoms with E-state index in [-0.39, 0.29) is 72.7 Å². The van der Waals surface area contributed by atoms with Gasteiger partial charge in [-0.25, -0.2) is 0 Å². The standard InChI is InChI=1S/C47H69N7O9/c1-11-30(4)42(52(8)45(60)41(29(2)3)50-46(61)47(6,7)51-37(55)19-13-12-14-25-54-38(56)22-23-39(54)57)36(62-9)28-40(58)53-26-16-18-35(53)43(63-10)31(5)44(59)49-33-20-21-34-32(27-33)17-15-24-48-34/h15,17,20-24,27,29-31,35-36,41-43H,11-14,16,18-19,25-26,28H2,1-10H3,(H,49,59)(H,50,61)(H,51,55)/t30-,31+,35-,36+,41-,42-,43+/m0/s1. The first kappa shape index (κ1) is 50.4.